The molecular weight excluding hydrogens is 376 g/mol. The molecule has 0 saturated heterocycles. The van der Waals surface area contributed by atoms with E-state index in [2.05, 4.69) is 92.3 Å². The molecule has 3 atom stereocenters. The molecule has 3 aliphatic carbocycles. The van der Waals surface area contributed by atoms with Crippen molar-refractivity contribution in [2.24, 2.45) is 11.8 Å². The zero-order valence-corrected chi connectivity index (χ0v) is 19.5. The van der Waals surface area contributed by atoms with Crippen LogP contribution in [-0.4, -0.2) is 13.1 Å². The van der Waals surface area contributed by atoms with Crippen molar-refractivity contribution >= 4 is 0 Å². The van der Waals surface area contributed by atoms with Crippen molar-refractivity contribution in [1.29, 1.82) is 0 Å². The van der Waals surface area contributed by atoms with Gasteiger partial charge in [0.05, 0.1) is 6.04 Å². The third-order valence-corrected chi connectivity index (χ3v) is 7.10. The molecule has 1 aliphatic heterocycles. The molecule has 0 fully saturated rings. The average Bonchev–Trinajstić information content (AvgIpc) is 2.95. The molecule has 31 heavy (non-hydrogen) atoms. The fourth-order valence-corrected chi connectivity index (χ4v) is 5.39. The van der Waals surface area contributed by atoms with Gasteiger partial charge in [-0.25, -0.2) is 0 Å². The maximum absolute atomic E-state index is 3.84. The highest BCUT2D eigenvalue weighted by atomic mass is 15.0. The molecule has 0 spiro atoms. The maximum atomic E-state index is 3.84. The molecule has 164 valence electrons. The fourth-order valence-electron chi connectivity index (χ4n) is 5.39. The van der Waals surface area contributed by atoms with E-state index in [4.69, 9.17) is 0 Å². The van der Waals surface area contributed by atoms with Gasteiger partial charge in [-0.2, -0.15) is 0 Å². The summed E-state index contributed by atoms with van der Waals surface area (Å²) in [6.45, 7) is 4.43. The fraction of sp³-hybridized carbons (Fsp3) is 0.448. The van der Waals surface area contributed by atoms with Crippen LogP contribution in [0.5, 0.6) is 0 Å². The predicted molar refractivity (Wildman–Crippen MR) is 133 cm³/mol. The van der Waals surface area contributed by atoms with E-state index in [1.54, 1.807) is 0 Å². The van der Waals surface area contributed by atoms with Crippen LogP contribution in [-0.2, 0) is 0 Å². The van der Waals surface area contributed by atoms with Gasteiger partial charge in [-0.15, -0.1) is 0 Å². The summed E-state index contributed by atoms with van der Waals surface area (Å²) in [5, 5.41) is 7.32. The number of unbranched alkanes of at least 4 members (excludes halogenated alkanes) is 1. The van der Waals surface area contributed by atoms with Gasteiger partial charge in [0.25, 0.3) is 0 Å². The molecule has 0 aromatic rings. The Labute approximate surface area is 189 Å². The second kappa shape index (κ2) is 10.2. The van der Waals surface area contributed by atoms with E-state index in [-0.39, 0.29) is 0 Å². The van der Waals surface area contributed by atoms with Gasteiger partial charge in [-0.3, -0.25) is 0 Å². The molecule has 0 aromatic carbocycles. The van der Waals surface area contributed by atoms with Gasteiger partial charge in [0.2, 0.25) is 0 Å². The van der Waals surface area contributed by atoms with Crippen molar-refractivity contribution in [2.45, 2.75) is 64.8 Å². The first-order valence-electron chi connectivity index (χ1n) is 12.2. The highest BCUT2D eigenvalue weighted by molar-refractivity contribution is 5.55. The lowest BCUT2D eigenvalue weighted by molar-refractivity contribution is 0.598. The van der Waals surface area contributed by atoms with Crippen LogP contribution < -0.4 is 10.6 Å². The van der Waals surface area contributed by atoms with Crippen molar-refractivity contribution in [3.63, 3.8) is 0 Å². The standard InChI is InChI=1S/C29H38N2/c1-4-6-11-22(10-5-2)24-17-14-21(16-19-27(24)30-3)23-15-18-26-25-12-8-7-9-13-28(25)31-29(26)20-23/h5,7-8,10,12,14-16,18-19,22-23,28,30-31H,4,6,9,11,13,17,20H2,1-3H3/b10-5-. The van der Waals surface area contributed by atoms with Gasteiger partial charge in [-0.1, -0.05) is 74.4 Å². The van der Waals surface area contributed by atoms with E-state index in [1.807, 2.05) is 0 Å². The van der Waals surface area contributed by atoms with Crippen LogP contribution in [0.25, 0.3) is 0 Å². The monoisotopic (exact) mass is 414 g/mol. The van der Waals surface area contributed by atoms with E-state index in [0.29, 0.717) is 17.9 Å². The van der Waals surface area contributed by atoms with E-state index < -0.39 is 0 Å². The van der Waals surface area contributed by atoms with Crippen molar-refractivity contribution in [3.05, 3.63) is 94.4 Å². The molecule has 3 unspecified atom stereocenters. The summed E-state index contributed by atoms with van der Waals surface area (Å²) in [6.07, 6.45) is 31.6. The van der Waals surface area contributed by atoms with Crippen LogP contribution in [0.1, 0.15) is 58.8 Å². The summed E-state index contributed by atoms with van der Waals surface area (Å²) in [4.78, 5) is 0. The molecule has 4 rings (SSSR count). The van der Waals surface area contributed by atoms with Gasteiger partial charge < -0.3 is 10.6 Å². The van der Waals surface area contributed by atoms with Crippen LogP contribution in [0, 0.1) is 11.8 Å². The van der Waals surface area contributed by atoms with Crippen molar-refractivity contribution < 1.29 is 0 Å². The van der Waals surface area contributed by atoms with Crippen LogP contribution >= 0.6 is 0 Å². The van der Waals surface area contributed by atoms with E-state index in [0.717, 1.165) is 19.3 Å². The van der Waals surface area contributed by atoms with Gasteiger partial charge >= 0.3 is 0 Å². The van der Waals surface area contributed by atoms with Crippen molar-refractivity contribution in [2.75, 3.05) is 7.05 Å². The molecule has 0 radical (unpaired) electrons. The normalized spacial score (nSPS) is 26.2. The molecule has 0 saturated carbocycles. The number of likely N-dealkylation sites (N-methyl/N-ethyl adjacent to an activating group) is 1. The third-order valence-electron chi connectivity index (χ3n) is 7.10. The minimum Gasteiger partial charge on any atom is -0.388 e. The average molecular weight is 415 g/mol. The van der Waals surface area contributed by atoms with Gasteiger partial charge in [0, 0.05) is 30.3 Å². The Balaban J connectivity index is 1.52. The minimum absolute atomic E-state index is 0.453. The Kier molecular flexibility index (Phi) is 7.17. The summed E-state index contributed by atoms with van der Waals surface area (Å²) in [7, 11) is 2.06. The molecule has 0 amide bonds. The Morgan fingerprint density at radius 3 is 2.97 bits per heavy atom. The minimum atomic E-state index is 0.453. The largest absolute Gasteiger partial charge is 0.388 e. The van der Waals surface area contributed by atoms with Gasteiger partial charge in [-0.05, 0) is 67.4 Å². The first-order chi connectivity index (χ1) is 15.2. The van der Waals surface area contributed by atoms with Gasteiger partial charge in [0.15, 0.2) is 0 Å². The highest BCUT2D eigenvalue weighted by Gasteiger charge is 2.31. The van der Waals surface area contributed by atoms with E-state index in [9.17, 15) is 0 Å². The Bertz CT molecular complexity index is 916. The van der Waals surface area contributed by atoms with Crippen LogP contribution in [0.15, 0.2) is 94.4 Å². The second-order valence-corrected chi connectivity index (χ2v) is 9.09. The quantitative estimate of drug-likeness (QED) is 0.447. The molecule has 4 aliphatic rings. The SMILES string of the molecule is C/C=C\C(CCCC)C1=C(NC)C=CC(C2C=CC3=C(C2)NC2CCC=CC=C32)=CC1. The van der Waals surface area contributed by atoms with Crippen LogP contribution in [0.4, 0.5) is 0 Å². The molecule has 2 N–H and O–H groups in total. The summed E-state index contributed by atoms with van der Waals surface area (Å²) in [5.41, 5.74) is 8.63. The Hall–Kier alpha value is -2.48. The molecule has 2 heteroatoms. The van der Waals surface area contributed by atoms with Crippen molar-refractivity contribution in [3.8, 4) is 0 Å². The second-order valence-electron chi connectivity index (χ2n) is 9.09. The number of hydrogen-bond donors (Lipinski definition) is 2. The van der Waals surface area contributed by atoms with E-state index in [1.165, 1.54) is 59.4 Å². The smallest absolute Gasteiger partial charge is 0.0520 e. The molecular formula is C29H38N2. The highest BCUT2D eigenvalue weighted by Crippen LogP contribution is 2.39. The van der Waals surface area contributed by atoms with Gasteiger partial charge in [0.1, 0.15) is 0 Å². The molecule has 1 heterocycles. The maximum Gasteiger partial charge on any atom is 0.0520 e. The summed E-state index contributed by atoms with van der Waals surface area (Å²) in [5.74, 6) is 0.974. The lowest BCUT2D eigenvalue weighted by atomic mass is 9.85. The van der Waals surface area contributed by atoms with E-state index >= 15 is 0 Å². The lowest BCUT2D eigenvalue weighted by Crippen LogP contribution is -2.24. The first-order valence-corrected chi connectivity index (χ1v) is 12.2. The summed E-state index contributed by atoms with van der Waals surface area (Å²) in [6, 6.07) is 0.492. The van der Waals surface area contributed by atoms with Crippen molar-refractivity contribution in [1.82, 2.24) is 10.6 Å². The number of rotatable bonds is 7. The number of allylic oxidation sites excluding steroid dienone is 13. The topological polar surface area (TPSA) is 24.1 Å². The first kappa shape index (κ1) is 21.7. The molecule has 0 bridgehead atoms. The zero-order chi connectivity index (χ0) is 21.6. The third kappa shape index (κ3) is 4.74. The molecule has 2 nitrogen and oxygen atoms in total. The molecule has 0 aromatic heterocycles. The zero-order valence-electron chi connectivity index (χ0n) is 19.5. The predicted octanol–water partition coefficient (Wildman–Crippen LogP) is 6.81. The number of nitrogens with one attached hydrogen (secondary N) is 2. The van der Waals surface area contributed by atoms with Crippen LogP contribution in [0.2, 0.25) is 0 Å². The summed E-state index contributed by atoms with van der Waals surface area (Å²) >= 11 is 0. The Morgan fingerprint density at radius 1 is 1.26 bits per heavy atom. The number of fused-ring (bicyclic) bond motifs is 2. The van der Waals surface area contributed by atoms with Crippen LogP contribution in [0.3, 0.4) is 0 Å². The summed E-state index contributed by atoms with van der Waals surface area (Å²) < 4.78 is 0. The number of hydrogen-bond acceptors (Lipinski definition) is 2. The lowest BCUT2D eigenvalue weighted by Gasteiger charge is -2.21. The Morgan fingerprint density at radius 2 is 2.16 bits per heavy atom.